The number of nitrogens with zero attached hydrogens (tertiary/aromatic N) is 5. The van der Waals surface area contributed by atoms with Crippen LogP contribution in [0.3, 0.4) is 0 Å². The minimum absolute atomic E-state index is 0.687. The van der Waals surface area contributed by atoms with Crippen LogP contribution in [0.2, 0.25) is 0 Å². The lowest BCUT2D eigenvalue weighted by molar-refractivity contribution is 0.235. The van der Waals surface area contributed by atoms with Crippen LogP contribution in [0, 0.1) is 0 Å². The summed E-state index contributed by atoms with van der Waals surface area (Å²) in [6.45, 7) is 8.79. The van der Waals surface area contributed by atoms with E-state index >= 15 is 0 Å². The van der Waals surface area contributed by atoms with Crippen molar-refractivity contribution in [2.45, 2.75) is 51.9 Å². The van der Waals surface area contributed by atoms with E-state index in [1.165, 1.54) is 12.8 Å². The molecule has 1 aliphatic carbocycles. The number of ether oxygens (including phenoxy) is 2. The average Bonchev–Trinajstić information content (AvgIpc) is 2.83. The molecule has 2 aliphatic rings. The summed E-state index contributed by atoms with van der Waals surface area (Å²) in [4.78, 5) is 18.7. The zero-order valence-electron chi connectivity index (χ0n) is 18.8. The molecule has 7 nitrogen and oxygen atoms in total. The van der Waals surface area contributed by atoms with Crippen molar-refractivity contribution < 1.29 is 9.47 Å². The number of aryl methyl sites for hydroxylation is 2. The number of anilines is 1. The first-order chi connectivity index (χ1) is 15.3. The molecule has 7 heteroatoms. The fourth-order valence-corrected chi connectivity index (χ4v) is 4.18. The first-order valence-corrected chi connectivity index (χ1v) is 11.9. The number of hydrogen-bond donors (Lipinski definition) is 0. The Morgan fingerprint density at radius 1 is 0.871 bits per heavy atom. The van der Waals surface area contributed by atoms with Crippen LogP contribution < -0.4 is 14.4 Å². The van der Waals surface area contributed by atoms with Crippen LogP contribution in [0.25, 0.3) is 0 Å². The number of unbranched alkanes of at least 4 members (excludes halogenated alkanes) is 1. The number of pyridine rings is 1. The molecular weight excluding hydrogens is 390 g/mol. The molecule has 2 aromatic heterocycles. The van der Waals surface area contributed by atoms with E-state index in [-0.39, 0.29) is 0 Å². The molecule has 0 radical (unpaired) electrons. The monoisotopic (exact) mass is 425 g/mol. The van der Waals surface area contributed by atoms with E-state index in [4.69, 9.17) is 9.47 Å². The molecule has 3 heterocycles. The third-order valence-electron chi connectivity index (χ3n) is 5.96. The van der Waals surface area contributed by atoms with Gasteiger partial charge in [0, 0.05) is 32.2 Å². The molecule has 0 atom stereocenters. The predicted octanol–water partition coefficient (Wildman–Crippen LogP) is 3.52. The highest BCUT2D eigenvalue weighted by Gasteiger charge is 2.18. The first kappa shape index (κ1) is 21.8. The number of hydrogen-bond acceptors (Lipinski definition) is 7. The van der Waals surface area contributed by atoms with Crippen LogP contribution >= 0.6 is 0 Å². The Labute approximate surface area is 185 Å². The maximum Gasteiger partial charge on any atom is 0.232 e. The lowest BCUT2D eigenvalue weighted by Crippen LogP contribution is -2.47. The highest BCUT2D eigenvalue weighted by atomic mass is 16.5. The second-order valence-corrected chi connectivity index (χ2v) is 8.38. The van der Waals surface area contributed by atoms with Gasteiger partial charge < -0.3 is 14.4 Å². The average molecular weight is 426 g/mol. The lowest BCUT2D eigenvalue weighted by atomic mass is 10.0. The predicted molar refractivity (Wildman–Crippen MR) is 122 cm³/mol. The molecule has 4 rings (SSSR count). The normalized spacial score (nSPS) is 16.7. The van der Waals surface area contributed by atoms with Gasteiger partial charge in [-0.2, -0.15) is 4.98 Å². The van der Waals surface area contributed by atoms with Gasteiger partial charge in [0.1, 0.15) is 5.82 Å². The van der Waals surface area contributed by atoms with Gasteiger partial charge in [0.05, 0.1) is 30.8 Å². The standard InChI is InChI=1S/C24H35N5O2/c1-2-17-30-23-11-7-10-22(27-23)29-15-13-28(14-16-29)12-5-6-18-31-24-19-25-20-8-3-4-9-21(20)26-24/h7,10-11,19H,2-6,8-9,12-18H2,1H3. The van der Waals surface area contributed by atoms with Crippen LogP contribution in [0.5, 0.6) is 11.8 Å². The summed E-state index contributed by atoms with van der Waals surface area (Å²) in [7, 11) is 0. The molecule has 1 saturated heterocycles. The maximum absolute atomic E-state index is 5.86. The SMILES string of the molecule is CCCOc1cccc(N2CCN(CCCCOc3cnc4c(n3)CCCC4)CC2)n1. The Kier molecular flexibility index (Phi) is 7.93. The molecule has 0 bridgehead atoms. The minimum Gasteiger partial charge on any atom is -0.478 e. The summed E-state index contributed by atoms with van der Waals surface area (Å²) in [6.07, 6.45) is 9.50. The summed E-state index contributed by atoms with van der Waals surface area (Å²) in [5.74, 6) is 2.44. The van der Waals surface area contributed by atoms with Gasteiger partial charge in [0.25, 0.3) is 0 Å². The molecule has 0 spiro atoms. The Morgan fingerprint density at radius 3 is 2.52 bits per heavy atom. The molecular formula is C24H35N5O2. The highest BCUT2D eigenvalue weighted by molar-refractivity contribution is 5.41. The Morgan fingerprint density at radius 2 is 1.68 bits per heavy atom. The van der Waals surface area contributed by atoms with Crippen molar-refractivity contribution in [1.82, 2.24) is 19.9 Å². The van der Waals surface area contributed by atoms with Gasteiger partial charge in [-0.1, -0.05) is 13.0 Å². The number of piperazine rings is 1. The van der Waals surface area contributed by atoms with Crippen molar-refractivity contribution in [3.63, 3.8) is 0 Å². The van der Waals surface area contributed by atoms with Gasteiger partial charge in [0.15, 0.2) is 0 Å². The van der Waals surface area contributed by atoms with E-state index in [0.717, 1.165) is 87.9 Å². The van der Waals surface area contributed by atoms with Crippen LogP contribution in [0.4, 0.5) is 5.82 Å². The molecule has 0 N–H and O–H groups in total. The fourth-order valence-electron chi connectivity index (χ4n) is 4.18. The number of aromatic nitrogens is 3. The molecule has 0 aromatic carbocycles. The second-order valence-electron chi connectivity index (χ2n) is 8.38. The smallest absolute Gasteiger partial charge is 0.232 e. The van der Waals surface area contributed by atoms with Crippen molar-refractivity contribution in [3.8, 4) is 11.8 Å². The van der Waals surface area contributed by atoms with E-state index in [1.54, 1.807) is 6.20 Å². The Hall–Kier alpha value is -2.41. The summed E-state index contributed by atoms with van der Waals surface area (Å²) in [5, 5.41) is 0. The zero-order chi connectivity index (χ0) is 21.3. The number of rotatable bonds is 10. The third-order valence-corrected chi connectivity index (χ3v) is 5.96. The topological polar surface area (TPSA) is 63.6 Å². The fraction of sp³-hybridized carbons (Fsp3) is 0.625. The van der Waals surface area contributed by atoms with Crippen molar-refractivity contribution in [1.29, 1.82) is 0 Å². The van der Waals surface area contributed by atoms with E-state index < -0.39 is 0 Å². The third kappa shape index (κ3) is 6.29. The van der Waals surface area contributed by atoms with E-state index in [0.29, 0.717) is 19.1 Å². The van der Waals surface area contributed by atoms with Gasteiger partial charge >= 0.3 is 0 Å². The minimum atomic E-state index is 0.687. The van der Waals surface area contributed by atoms with Gasteiger partial charge in [-0.25, -0.2) is 4.98 Å². The van der Waals surface area contributed by atoms with Gasteiger partial charge in [-0.15, -0.1) is 0 Å². The summed E-state index contributed by atoms with van der Waals surface area (Å²) in [6, 6.07) is 6.05. The molecule has 1 aliphatic heterocycles. The number of fused-ring (bicyclic) bond motifs is 1. The van der Waals surface area contributed by atoms with Crippen molar-refractivity contribution in [2.24, 2.45) is 0 Å². The van der Waals surface area contributed by atoms with Gasteiger partial charge in [-0.3, -0.25) is 9.88 Å². The van der Waals surface area contributed by atoms with Crippen molar-refractivity contribution in [3.05, 3.63) is 35.8 Å². The van der Waals surface area contributed by atoms with Crippen LogP contribution in [-0.2, 0) is 12.8 Å². The molecule has 0 unspecified atom stereocenters. The van der Waals surface area contributed by atoms with E-state index in [2.05, 4.69) is 37.7 Å². The summed E-state index contributed by atoms with van der Waals surface area (Å²) >= 11 is 0. The summed E-state index contributed by atoms with van der Waals surface area (Å²) < 4.78 is 11.5. The summed E-state index contributed by atoms with van der Waals surface area (Å²) in [5.41, 5.74) is 2.30. The molecule has 168 valence electrons. The molecule has 0 amide bonds. The maximum atomic E-state index is 5.86. The quantitative estimate of drug-likeness (QED) is 0.540. The zero-order valence-corrected chi connectivity index (χ0v) is 18.8. The second kappa shape index (κ2) is 11.3. The first-order valence-electron chi connectivity index (χ1n) is 11.9. The molecule has 31 heavy (non-hydrogen) atoms. The van der Waals surface area contributed by atoms with Crippen molar-refractivity contribution >= 4 is 5.82 Å². The van der Waals surface area contributed by atoms with Crippen LogP contribution in [0.1, 0.15) is 50.4 Å². The van der Waals surface area contributed by atoms with Crippen LogP contribution in [-0.4, -0.2) is 65.8 Å². The van der Waals surface area contributed by atoms with Crippen LogP contribution in [0.15, 0.2) is 24.4 Å². The van der Waals surface area contributed by atoms with E-state index in [9.17, 15) is 0 Å². The largest absolute Gasteiger partial charge is 0.478 e. The Bertz CT molecular complexity index is 823. The van der Waals surface area contributed by atoms with Gasteiger partial charge in [0.2, 0.25) is 11.8 Å². The van der Waals surface area contributed by atoms with Crippen molar-refractivity contribution in [2.75, 3.05) is 50.8 Å². The molecule has 0 saturated carbocycles. The molecule has 2 aromatic rings. The highest BCUT2D eigenvalue weighted by Crippen LogP contribution is 2.20. The van der Waals surface area contributed by atoms with Gasteiger partial charge in [-0.05, 0) is 57.6 Å². The lowest BCUT2D eigenvalue weighted by Gasteiger charge is -2.35. The Balaban J connectivity index is 1.13. The van der Waals surface area contributed by atoms with E-state index in [1.807, 2.05) is 12.1 Å². The molecule has 1 fully saturated rings.